The zero-order valence-electron chi connectivity index (χ0n) is 8.42. The molecular formula is C12H11ClO2. The highest BCUT2D eigenvalue weighted by Gasteiger charge is 1.98. The number of carbonyl (C=O) groups excluding carboxylic acids is 1. The molecule has 0 spiro atoms. The molecule has 0 N–H and O–H groups in total. The van der Waals surface area contributed by atoms with Crippen LogP contribution >= 0.6 is 11.6 Å². The van der Waals surface area contributed by atoms with E-state index < -0.39 is 0 Å². The summed E-state index contributed by atoms with van der Waals surface area (Å²) in [5, 5.41) is 0. The number of rotatable bonds is 3. The minimum Gasteiger partial charge on any atom is -0.481 e. The Labute approximate surface area is 94.2 Å². The minimum absolute atomic E-state index is 0.0449. The van der Waals surface area contributed by atoms with Gasteiger partial charge in [-0.15, -0.1) is 11.6 Å². The van der Waals surface area contributed by atoms with E-state index in [1.54, 1.807) is 24.3 Å². The van der Waals surface area contributed by atoms with Gasteiger partial charge in [0, 0.05) is 5.56 Å². The van der Waals surface area contributed by atoms with Crippen molar-refractivity contribution in [3.63, 3.8) is 0 Å². The molecule has 0 radical (unpaired) electrons. The van der Waals surface area contributed by atoms with E-state index in [1.165, 1.54) is 6.92 Å². The van der Waals surface area contributed by atoms with Gasteiger partial charge in [0.2, 0.25) is 0 Å². The fourth-order valence-corrected chi connectivity index (χ4v) is 1.10. The molecule has 0 heterocycles. The van der Waals surface area contributed by atoms with Gasteiger partial charge in [-0.1, -0.05) is 11.8 Å². The molecule has 1 aromatic carbocycles. The lowest BCUT2D eigenvalue weighted by Gasteiger charge is -2.02. The molecule has 0 fully saturated rings. The van der Waals surface area contributed by atoms with Crippen molar-refractivity contribution in [2.75, 3.05) is 12.5 Å². The maximum absolute atomic E-state index is 11.0. The molecule has 0 aliphatic rings. The minimum atomic E-state index is 0.0449. The van der Waals surface area contributed by atoms with Crippen molar-refractivity contribution >= 4 is 17.4 Å². The number of ether oxygens (including phenoxy) is 1. The molecular weight excluding hydrogens is 212 g/mol. The molecule has 0 bridgehead atoms. The number of ketones is 1. The first-order valence-corrected chi connectivity index (χ1v) is 5.03. The van der Waals surface area contributed by atoms with Crippen LogP contribution in [0.4, 0.5) is 0 Å². The van der Waals surface area contributed by atoms with Gasteiger partial charge in [0.05, 0.1) is 5.88 Å². The van der Waals surface area contributed by atoms with Crippen molar-refractivity contribution in [3.8, 4) is 17.6 Å². The molecule has 78 valence electrons. The highest BCUT2D eigenvalue weighted by Crippen LogP contribution is 2.12. The van der Waals surface area contributed by atoms with Gasteiger partial charge >= 0.3 is 0 Å². The molecule has 0 atom stereocenters. The molecule has 0 aliphatic heterocycles. The van der Waals surface area contributed by atoms with Crippen LogP contribution in [0.15, 0.2) is 24.3 Å². The van der Waals surface area contributed by atoms with E-state index in [9.17, 15) is 4.79 Å². The number of Topliss-reactive ketones (excluding diaryl/α,β-unsaturated/α-hetero) is 1. The Balaban J connectivity index is 2.53. The van der Waals surface area contributed by atoms with E-state index in [-0.39, 0.29) is 5.78 Å². The van der Waals surface area contributed by atoms with Crippen LogP contribution in [0, 0.1) is 11.8 Å². The Kier molecular flexibility index (Phi) is 4.73. The maximum atomic E-state index is 11.0. The molecule has 0 saturated carbocycles. The lowest BCUT2D eigenvalue weighted by atomic mass is 10.1. The third-order valence-corrected chi connectivity index (χ3v) is 1.90. The molecule has 0 saturated heterocycles. The van der Waals surface area contributed by atoms with Crippen LogP contribution in [0.2, 0.25) is 0 Å². The standard InChI is InChI=1S/C12H11ClO2/c1-10(14)11-4-6-12(7-5-11)15-9-3-2-8-13/h4-7H,8-9H2,1H3. The number of alkyl halides is 1. The zero-order valence-corrected chi connectivity index (χ0v) is 9.17. The van der Waals surface area contributed by atoms with Crippen molar-refractivity contribution in [2.24, 2.45) is 0 Å². The van der Waals surface area contributed by atoms with Gasteiger partial charge in [-0.25, -0.2) is 0 Å². The molecule has 0 unspecified atom stereocenters. The van der Waals surface area contributed by atoms with Crippen molar-refractivity contribution < 1.29 is 9.53 Å². The quantitative estimate of drug-likeness (QED) is 0.446. The predicted octanol–water partition coefficient (Wildman–Crippen LogP) is 2.51. The second-order valence-corrected chi connectivity index (χ2v) is 3.12. The van der Waals surface area contributed by atoms with Crippen molar-refractivity contribution in [3.05, 3.63) is 29.8 Å². The summed E-state index contributed by atoms with van der Waals surface area (Å²) in [6.45, 7) is 1.84. The molecule has 15 heavy (non-hydrogen) atoms. The van der Waals surface area contributed by atoms with E-state index in [0.29, 0.717) is 23.8 Å². The summed E-state index contributed by atoms with van der Waals surface area (Å²) in [5.41, 5.74) is 0.675. The Morgan fingerprint density at radius 2 is 2.00 bits per heavy atom. The number of halogens is 1. The van der Waals surface area contributed by atoms with Crippen molar-refractivity contribution in [1.29, 1.82) is 0 Å². The third kappa shape index (κ3) is 4.05. The fourth-order valence-electron chi connectivity index (χ4n) is 1.00. The SMILES string of the molecule is CC(=O)c1ccc(OCC#CCCl)cc1. The summed E-state index contributed by atoms with van der Waals surface area (Å²) in [5.74, 6) is 6.49. The molecule has 1 rings (SSSR count). The fraction of sp³-hybridized carbons (Fsp3) is 0.250. The normalized spacial score (nSPS) is 8.93. The highest BCUT2D eigenvalue weighted by molar-refractivity contribution is 6.19. The average molecular weight is 223 g/mol. The Morgan fingerprint density at radius 1 is 1.33 bits per heavy atom. The predicted molar refractivity (Wildman–Crippen MR) is 60.4 cm³/mol. The summed E-state index contributed by atoms with van der Waals surface area (Å²) < 4.78 is 5.30. The van der Waals surface area contributed by atoms with E-state index in [0.717, 1.165) is 0 Å². The molecule has 2 nitrogen and oxygen atoms in total. The summed E-state index contributed by atoms with van der Waals surface area (Å²) in [4.78, 5) is 11.0. The highest BCUT2D eigenvalue weighted by atomic mass is 35.5. The van der Waals surface area contributed by atoms with Gasteiger partial charge in [-0.3, -0.25) is 4.79 Å². The molecule has 0 aliphatic carbocycles. The summed E-state index contributed by atoms with van der Waals surface area (Å²) in [6.07, 6.45) is 0. The van der Waals surface area contributed by atoms with Gasteiger partial charge in [-0.2, -0.15) is 0 Å². The van der Waals surface area contributed by atoms with E-state index >= 15 is 0 Å². The molecule has 0 amide bonds. The van der Waals surface area contributed by atoms with Gasteiger partial charge in [-0.05, 0) is 31.2 Å². The van der Waals surface area contributed by atoms with Crippen LogP contribution < -0.4 is 4.74 Å². The average Bonchev–Trinajstić information content (AvgIpc) is 2.25. The number of carbonyl (C=O) groups is 1. The van der Waals surface area contributed by atoms with Gasteiger partial charge in [0.25, 0.3) is 0 Å². The lowest BCUT2D eigenvalue weighted by molar-refractivity contribution is 0.101. The zero-order chi connectivity index (χ0) is 11.1. The van der Waals surface area contributed by atoms with Crippen LogP contribution in [0.25, 0.3) is 0 Å². The number of hydrogen-bond acceptors (Lipinski definition) is 2. The van der Waals surface area contributed by atoms with Gasteiger partial charge in [0.15, 0.2) is 5.78 Å². The van der Waals surface area contributed by atoms with Crippen LogP contribution in [0.1, 0.15) is 17.3 Å². The second-order valence-electron chi connectivity index (χ2n) is 2.86. The van der Waals surface area contributed by atoms with Crippen LogP contribution in [0.3, 0.4) is 0 Å². The molecule has 3 heteroatoms. The van der Waals surface area contributed by atoms with Crippen molar-refractivity contribution in [1.82, 2.24) is 0 Å². The first-order chi connectivity index (χ1) is 7.24. The van der Waals surface area contributed by atoms with E-state index in [2.05, 4.69) is 11.8 Å². The molecule has 0 aromatic heterocycles. The van der Waals surface area contributed by atoms with E-state index in [1.807, 2.05) is 0 Å². The monoisotopic (exact) mass is 222 g/mol. The van der Waals surface area contributed by atoms with Crippen LogP contribution in [-0.2, 0) is 0 Å². The lowest BCUT2D eigenvalue weighted by Crippen LogP contribution is -1.95. The Morgan fingerprint density at radius 3 is 2.53 bits per heavy atom. The van der Waals surface area contributed by atoms with Crippen LogP contribution in [-0.4, -0.2) is 18.3 Å². The molecule has 1 aromatic rings. The summed E-state index contributed by atoms with van der Waals surface area (Å²) in [7, 11) is 0. The Bertz CT molecular complexity index is 384. The number of hydrogen-bond donors (Lipinski definition) is 0. The number of benzene rings is 1. The van der Waals surface area contributed by atoms with Crippen LogP contribution in [0.5, 0.6) is 5.75 Å². The summed E-state index contributed by atoms with van der Waals surface area (Å²) >= 11 is 5.37. The largest absolute Gasteiger partial charge is 0.481 e. The summed E-state index contributed by atoms with van der Waals surface area (Å²) in [6, 6.07) is 6.96. The first kappa shape index (κ1) is 11.6. The van der Waals surface area contributed by atoms with Gasteiger partial charge < -0.3 is 4.74 Å². The first-order valence-electron chi connectivity index (χ1n) is 4.49. The third-order valence-electron chi connectivity index (χ3n) is 1.76. The second kappa shape index (κ2) is 6.10. The maximum Gasteiger partial charge on any atom is 0.159 e. The van der Waals surface area contributed by atoms with Gasteiger partial charge in [0.1, 0.15) is 12.4 Å². The van der Waals surface area contributed by atoms with Crippen molar-refractivity contribution in [2.45, 2.75) is 6.92 Å². The smallest absolute Gasteiger partial charge is 0.159 e. The topological polar surface area (TPSA) is 26.3 Å². The van der Waals surface area contributed by atoms with E-state index in [4.69, 9.17) is 16.3 Å². The Hall–Kier alpha value is -1.46.